The molecule has 5 rings (SSSR count). The van der Waals surface area contributed by atoms with Crippen LogP contribution in [0, 0.1) is 39.9 Å². The Kier molecular flexibility index (Phi) is 7.08. The molecule has 0 aromatic rings. The van der Waals surface area contributed by atoms with Crippen molar-refractivity contribution >= 4 is 5.78 Å². The van der Waals surface area contributed by atoms with Crippen LogP contribution < -0.4 is 0 Å². The number of rotatable bonds is 6. The highest BCUT2D eigenvalue weighted by atomic mass is 16.5. The van der Waals surface area contributed by atoms with Crippen LogP contribution in [0.2, 0.25) is 0 Å². The second-order valence-corrected chi connectivity index (χ2v) is 15.9. The van der Waals surface area contributed by atoms with E-state index in [0.29, 0.717) is 32.1 Å². The number of fused-ring (bicyclic) bond motifs is 5. The van der Waals surface area contributed by atoms with E-state index in [4.69, 9.17) is 4.74 Å². The largest absolute Gasteiger partial charge is 0.495 e. The zero-order valence-electron chi connectivity index (χ0n) is 25.5. The highest BCUT2D eigenvalue weighted by molar-refractivity contribution is 5.95. The van der Waals surface area contributed by atoms with Crippen LogP contribution in [0.4, 0.5) is 0 Å². The summed E-state index contributed by atoms with van der Waals surface area (Å²) in [6.07, 6.45) is 7.14. The summed E-state index contributed by atoms with van der Waals surface area (Å²) in [4.78, 5) is 13.6. The fraction of sp³-hybridized carbons (Fsp3) is 0.848. The van der Waals surface area contributed by atoms with E-state index < -0.39 is 51.4 Å². The maximum Gasteiger partial charge on any atom is 0.159 e. The molecule has 7 nitrogen and oxygen atoms in total. The fourth-order valence-electron chi connectivity index (χ4n) is 10.4. The summed E-state index contributed by atoms with van der Waals surface area (Å²) in [5, 5.41) is 56.3. The molecular formula is C33H52O7. The Labute approximate surface area is 239 Å². The van der Waals surface area contributed by atoms with Crippen LogP contribution in [-0.2, 0) is 9.53 Å². The maximum atomic E-state index is 13.6. The summed E-state index contributed by atoms with van der Waals surface area (Å²) < 4.78 is 6.04. The lowest BCUT2D eigenvalue weighted by Gasteiger charge is -2.62. The molecule has 0 radical (unpaired) electrons. The molecule has 11 atom stereocenters. The first-order valence-corrected chi connectivity index (χ1v) is 15.4. The van der Waals surface area contributed by atoms with Crippen molar-refractivity contribution in [1.82, 2.24) is 0 Å². The zero-order valence-corrected chi connectivity index (χ0v) is 25.5. The van der Waals surface area contributed by atoms with Gasteiger partial charge in [0.15, 0.2) is 5.78 Å². The fourth-order valence-corrected chi connectivity index (χ4v) is 10.4. The lowest BCUT2D eigenvalue weighted by atomic mass is 9.44. The van der Waals surface area contributed by atoms with Gasteiger partial charge in [0, 0.05) is 22.7 Å². The Morgan fingerprint density at radius 2 is 1.73 bits per heavy atom. The SMILES string of the molecule is CC(C)(O)CC[C@@H](O)[C@](C)(C1C=COC1(C)C)[C@H]1CC[C@@]2(O)C3=CC(=O)[C@@H]4C[C@@H](O)[C@@H](O)C[C@]4(C)[C@H]3CC[C@]12C. The van der Waals surface area contributed by atoms with Gasteiger partial charge in [-0.2, -0.15) is 0 Å². The number of allylic oxidation sites excluding steroid dienone is 1. The highest BCUT2D eigenvalue weighted by Crippen LogP contribution is 2.71. The summed E-state index contributed by atoms with van der Waals surface area (Å²) >= 11 is 0. The van der Waals surface area contributed by atoms with Crippen molar-refractivity contribution in [3.63, 3.8) is 0 Å². The lowest BCUT2D eigenvalue weighted by Crippen LogP contribution is -2.63. The van der Waals surface area contributed by atoms with E-state index in [9.17, 15) is 30.3 Å². The molecule has 0 spiro atoms. The highest BCUT2D eigenvalue weighted by Gasteiger charge is 2.70. The van der Waals surface area contributed by atoms with Crippen molar-refractivity contribution < 1.29 is 35.1 Å². The molecule has 0 aromatic heterocycles. The smallest absolute Gasteiger partial charge is 0.159 e. The number of aliphatic hydroxyl groups is 5. The zero-order chi connectivity index (χ0) is 29.7. The Balaban J connectivity index is 1.56. The number of hydrogen-bond acceptors (Lipinski definition) is 7. The molecule has 1 heterocycles. The second-order valence-electron chi connectivity index (χ2n) is 15.9. The first kappa shape index (κ1) is 30.2. The van der Waals surface area contributed by atoms with Gasteiger partial charge >= 0.3 is 0 Å². The Morgan fingerprint density at radius 3 is 2.33 bits per heavy atom. The van der Waals surface area contributed by atoms with Gasteiger partial charge in [0.1, 0.15) is 5.60 Å². The second kappa shape index (κ2) is 9.37. The van der Waals surface area contributed by atoms with Crippen molar-refractivity contribution in [2.75, 3.05) is 0 Å². The first-order valence-electron chi connectivity index (χ1n) is 15.4. The van der Waals surface area contributed by atoms with Crippen LogP contribution in [0.5, 0.6) is 0 Å². The van der Waals surface area contributed by atoms with Crippen LogP contribution in [-0.4, -0.2) is 66.4 Å². The third-order valence-corrected chi connectivity index (χ3v) is 12.7. The summed E-state index contributed by atoms with van der Waals surface area (Å²) in [5.41, 5.74) is -3.65. The predicted molar refractivity (Wildman–Crippen MR) is 152 cm³/mol. The van der Waals surface area contributed by atoms with Crippen LogP contribution in [0.25, 0.3) is 0 Å². The minimum atomic E-state index is -1.21. The summed E-state index contributed by atoms with van der Waals surface area (Å²) in [6.45, 7) is 14.0. The molecule has 3 fully saturated rings. The molecule has 40 heavy (non-hydrogen) atoms. The molecule has 0 saturated heterocycles. The third-order valence-electron chi connectivity index (χ3n) is 12.7. The quantitative estimate of drug-likeness (QED) is 0.332. The standard InChI is InChI=1S/C33H52O7/c1-28(2,38)12-10-27(37)32(7,25-11-15-40-29(25,3)4)26-9-14-33(39)20-16-22(34)21-17-23(35)24(36)18-30(21,5)19(20)8-13-31(26,33)6/h11,15-16,19,21,23-27,35-39H,8-10,12-14,17-18H2,1-7H3/t19-,21-,23+,24-,25?,26-,27+,30+,31+,32+,33+/m0/s1. The van der Waals surface area contributed by atoms with Crippen LogP contribution >= 0.6 is 0 Å². The molecule has 3 saturated carbocycles. The third kappa shape index (κ3) is 4.20. The molecule has 0 aromatic carbocycles. The van der Waals surface area contributed by atoms with E-state index in [0.717, 1.165) is 18.4 Å². The minimum Gasteiger partial charge on any atom is -0.495 e. The molecule has 5 N–H and O–H groups in total. The summed E-state index contributed by atoms with van der Waals surface area (Å²) in [5.74, 6) is -0.648. The Hall–Kier alpha value is -1.25. The minimum absolute atomic E-state index is 0.0494. The number of ether oxygens (including phenoxy) is 1. The number of aliphatic hydroxyl groups excluding tert-OH is 3. The van der Waals surface area contributed by atoms with Crippen molar-refractivity contribution in [2.24, 2.45) is 39.9 Å². The van der Waals surface area contributed by atoms with Crippen molar-refractivity contribution in [3.8, 4) is 0 Å². The predicted octanol–water partition coefficient (Wildman–Crippen LogP) is 4.05. The number of carbonyl (C=O) groups excluding carboxylic acids is 1. The van der Waals surface area contributed by atoms with E-state index in [1.54, 1.807) is 26.2 Å². The normalized spacial score (nSPS) is 46.5. The molecule has 4 aliphatic carbocycles. The maximum absolute atomic E-state index is 13.6. The van der Waals surface area contributed by atoms with Crippen molar-refractivity contribution in [1.29, 1.82) is 0 Å². The number of hydrogen-bond donors (Lipinski definition) is 5. The van der Waals surface area contributed by atoms with E-state index in [1.807, 2.05) is 13.8 Å². The van der Waals surface area contributed by atoms with E-state index >= 15 is 0 Å². The van der Waals surface area contributed by atoms with E-state index in [-0.39, 0.29) is 35.9 Å². The lowest BCUT2D eigenvalue weighted by molar-refractivity contribution is -0.171. The average molecular weight is 561 g/mol. The van der Waals surface area contributed by atoms with Gasteiger partial charge in [0.25, 0.3) is 0 Å². The molecule has 226 valence electrons. The summed E-state index contributed by atoms with van der Waals surface area (Å²) in [6, 6.07) is 0. The summed E-state index contributed by atoms with van der Waals surface area (Å²) in [7, 11) is 0. The molecule has 5 aliphatic rings. The monoisotopic (exact) mass is 560 g/mol. The molecule has 7 heteroatoms. The van der Waals surface area contributed by atoms with Crippen LogP contribution in [0.15, 0.2) is 24.0 Å². The molecule has 1 aliphatic heterocycles. The van der Waals surface area contributed by atoms with Gasteiger partial charge in [-0.05, 0) is 114 Å². The van der Waals surface area contributed by atoms with Gasteiger partial charge in [-0.25, -0.2) is 0 Å². The van der Waals surface area contributed by atoms with Gasteiger partial charge in [-0.1, -0.05) is 20.8 Å². The number of ketones is 1. The Bertz CT molecular complexity index is 1090. The molecular weight excluding hydrogens is 508 g/mol. The average Bonchev–Trinajstić information content (AvgIpc) is 3.34. The van der Waals surface area contributed by atoms with Gasteiger partial charge in [-0.3, -0.25) is 4.79 Å². The van der Waals surface area contributed by atoms with Gasteiger partial charge in [0.05, 0.1) is 35.8 Å². The van der Waals surface area contributed by atoms with Gasteiger partial charge < -0.3 is 30.3 Å². The first-order chi connectivity index (χ1) is 18.3. The number of carbonyl (C=O) groups is 1. The Morgan fingerprint density at radius 1 is 1.05 bits per heavy atom. The topological polar surface area (TPSA) is 127 Å². The molecule has 0 bridgehead atoms. The van der Waals surface area contributed by atoms with Crippen molar-refractivity contribution in [3.05, 3.63) is 24.0 Å². The van der Waals surface area contributed by atoms with Gasteiger partial charge in [-0.15, -0.1) is 0 Å². The molecule has 0 amide bonds. The van der Waals surface area contributed by atoms with Crippen LogP contribution in [0.1, 0.15) is 99.8 Å². The van der Waals surface area contributed by atoms with Gasteiger partial charge in [0.2, 0.25) is 0 Å². The van der Waals surface area contributed by atoms with Crippen molar-refractivity contribution in [2.45, 2.75) is 135 Å². The van der Waals surface area contributed by atoms with E-state index in [1.165, 1.54) is 0 Å². The van der Waals surface area contributed by atoms with Crippen LogP contribution in [0.3, 0.4) is 0 Å². The molecule has 1 unspecified atom stereocenters. The van der Waals surface area contributed by atoms with E-state index in [2.05, 4.69) is 26.8 Å².